The van der Waals surface area contributed by atoms with Crippen molar-refractivity contribution in [1.82, 2.24) is 20.1 Å². The van der Waals surface area contributed by atoms with Gasteiger partial charge in [0, 0.05) is 56.9 Å². The summed E-state index contributed by atoms with van der Waals surface area (Å²) in [5, 5.41) is 8.60. The van der Waals surface area contributed by atoms with Crippen LogP contribution in [0.5, 0.6) is 0 Å². The van der Waals surface area contributed by atoms with Crippen LogP contribution in [0.2, 0.25) is 0 Å². The summed E-state index contributed by atoms with van der Waals surface area (Å²) in [5.74, 6) is 2.71. The van der Waals surface area contributed by atoms with Gasteiger partial charge in [-0.2, -0.15) is 0 Å². The monoisotopic (exact) mass is 468 g/mol. The molecule has 180 valence electrons. The lowest BCUT2D eigenvalue weighted by Gasteiger charge is -2.35. The van der Waals surface area contributed by atoms with Crippen LogP contribution in [0.25, 0.3) is 10.9 Å². The average molecular weight is 469 g/mol. The second kappa shape index (κ2) is 11.0. The van der Waals surface area contributed by atoms with E-state index in [9.17, 15) is 0 Å². The van der Waals surface area contributed by atoms with Gasteiger partial charge in [0.05, 0.1) is 5.52 Å². The van der Waals surface area contributed by atoms with E-state index in [-0.39, 0.29) is 0 Å². The highest BCUT2D eigenvalue weighted by Gasteiger charge is 2.21. The molecule has 6 nitrogen and oxygen atoms in total. The molecule has 0 spiro atoms. The fraction of sp³-hybridized carbons (Fsp3) is 0.615. The lowest BCUT2D eigenvalue weighted by Crippen LogP contribution is -2.44. The minimum absolute atomic E-state index is 0.689. The van der Waals surface area contributed by atoms with Gasteiger partial charge in [0.2, 0.25) is 0 Å². The molecule has 2 fully saturated rings. The number of nitrogens with zero attached hydrogens (tertiary/aromatic N) is 4. The third-order valence-corrected chi connectivity index (χ3v) is 7.21. The molecule has 1 aromatic carbocycles. The molecule has 4 rings (SSSR count). The van der Waals surface area contributed by atoms with E-state index in [0.717, 1.165) is 74.5 Å². The van der Waals surface area contributed by atoms with Crippen LogP contribution in [-0.2, 0) is 0 Å². The van der Waals surface area contributed by atoms with Crippen LogP contribution in [-0.4, -0.2) is 79.3 Å². The van der Waals surface area contributed by atoms with E-state index in [2.05, 4.69) is 77.4 Å². The molecule has 2 aliphatic heterocycles. The number of rotatable bonds is 6. The molecular weight excluding hydrogens is 428 g/mol. The summed E-state index contributed by atoms with van der Waals surface area (Å²) in [6.45, 7) is 15.6. The van der Waals surface area contributed by atoms with Crippen LogP contribution in [0.1, 0.15) is 32.3 Å². The molecule has 1 aromatic heterocycles. The van der Waals surface area contributed by atoms with E-state index in [1.807, 2.05) is 0 Å². The smallest absolute Gasteiger partial charge is 0.170 e. The number of fused-ring (bicyclic) bond motifs is 1. The molecule has 3 heterocycles. The van der Waals surface area contributed by atoms with Gasteiger partial charge in [0.15, 0.2) is 5.11 Å². The van der Waals surface area contributed by atoms with Gasteiger partial charge < -0.3 is 25.3 Å². The van der Waals surface area contributed by atoms with Crippen LogP contribution in [0.3, 0.4) is 0 Å². The molecule has 33 heavy (non-hydrogen) atoms. The largest absolute Gasteiger partial charge is 0.362 e. The Labute approximate surface area is 204 Å². The van der Waals surface area contributed by atoms with E-state index in [0.29, 0.717) is 5.11 Å². The van der Waals surface area contributed by atoms with Crippen molar-refractivity contribution in [2.45, 2.75) is 33.6 Å². The molecule has 2 saturated heterocycles. The topological polar surface area (TPSA) is 46.7 Å². The number of likely N-dealkylation sites (tertiary alicyclic amines) is 1. The molecule has 2 aromatic rings. The molecule has 0 aliphatic carbocycles. The Bertz CT molecular complexity index is 945. The molecule has 2 N–H and O–H groups in total. The number of aryl methyl sites for hydroxylation is 1. The van der Waals surface area contributed by atoms with E-state index in [4.69, 9.17) is 17.2 Å². The molecule has 0 saturated carbocycles. The Balaban J connectivity index is 1.29. The highest BCUT2D eigenvalue weighted by Crippen LogP contribution is 2.26. The predicted octanol–water partition coefficient (Wildman–Crippen LogP) is 3.95. The first-order chi connectivity index (χ1) is 15.9. The Kier molecular flexibility index (Phi) is 8.04. The maximum atomic E-state index is 5.55. The zero-order chi connectivity index (χ0) is 23.4. The molecule has 0 radical (unpaired) electrons. The summed E-state index contributed by atoms with van der Waals surface area (Å²) in [5.41, 5.74) is 3.30. The van der Waals surface area contributed by atoms with Crippen molar-refractivity contribution in [3.8, 4) is 0 Å². The van der Waals surface area contributed by atoms with Crippen LogP contribution in [0, 0.1) is 18.8 Å². The summed E-state index contributed by atoms with van der Waals surface area (Å²) in [6, 6.07) is 8.56. The maximum Gasteiger partial charge on any atom is 0.170 e. The molecule has 0 amide bonds. The molecule has 2 atom stereocenters. The Morgan fingerprint density at radius 1 is 1.09 bits per heavy atom. The van der Waals surface area contributed by atoms with Crippen LogP contribution < -0.4 is 15.5 Å². The van der Waals surface area contributed by atoms with Crippen LogP contribution in [0.4, 0.5) is 11.5 Å². The number of anilines is 2. The van der Waals surface area contributed by atoms with Crippen molar-refractivity contribution in [1.29, 1.82) is 0 Å². The third-order valence-electron chi connectivity index (χ3n) is 6.97. The number of piperazine rings is 1. The highest BCUT2D eigenvalue weighted by atomic mass is 32.1. The second-order valence-electron chi connectivity index (χ2n) is 10.3. The van der Waals surface area contributed by atoms with Crippen molar-refractivity contribution in [3.05, 3.63) is 29.8 Å². The minimum Gasteiger partial charge on any atom is -0.362 e. The lowest BCUT2D eigenvalue weighted by molar-refractivity contribution is 0.140. The van der Waals surface area contributed by atoms with Gasteiger partial charge in [-0.05, 0) is 87.2 Å². The zero-order valence-corrected chi connectivity index (χ0v) is 21.5. The SMILES string of the molecule is Cc1cc(N2CCN(C)CC2)nc2ccc(NC(=S)NCCCN3C[C@H](C)C[C@H](C)C3)cc12. The number of likely N-dealkylation sites (N-methyl/N-ethyl adjacent to an activating group) is 1. The highest BCUT2D eigenvalue weighted by molar-refractivity contribution is 7.80. The second-order valence-corrected chi connectivity index (χ2v) is 10.7. The summed E-state index contributed by atoms with van der Waals surface area (Å²) < 4.78 is 0. The van der Waals surface area contributed by atoms with Crippen molar-refractivity contribution < 1.29 is 0 Å². The van der Waals surface area contributed by atoms with E-state index < -0.39 is 0 Å². The number of aromatic nitrogens is 1. The average Bonchev–Trinajstić information content (AvgIpc) is 2.77. The number of benzene rings is 1. The zero-order valence-electron chi connectivity index (χ0n) is 20.7. The Morgan fingerprint density at radius 2 is 1.82 bits per heavy atom. The molecule has 0 unspecified atom stereocenters. The fourth-order valence-corrected chi connectivity index (χ4v) is 5.53. The number of hydrogen-bond donors (Lipinski definition) is 2. The number of pyridine rings is 1. The number of nitrogens with one attached hydrogen (secondary N) is 2. The third kappa shape index (κ3) is 6.55. The summed E-state index contributed by atoms with van der Waals surface area (Å²) in [6.07, 6.45) is 2.47. The van der Waals surface area contributed by atoms with Gasteiger partial charge >= 0.3 is 0 Å². The molecule has 0 bridgehead atoms. The van der Waals surface area contributed by atoms with Gasteiger partial charge in [0.25, 0.3) is 0 Å². The standard InChI is InChI=1S/C26H40N6S/c1-19-14-20(2)18-31(17-19)9-5-8-27-26(33)28-22-6-7-24-23(16-22)21(3)15-25(29-24)32-12-10-30(4)11-13-32/h6-7,15-16,19-20H,5,8-14,17-18H2,1-4H3,(H2,27,28,33)/t19-,20+. The molecule has 7 heteroatoms. The number of hydrogen-bond acceptors (Lipinski definition) is 5. The number of thiocarbonyl (C=S) groups is 1. The number of piperidine rings is 1. The van der Waals surface area contributed by atoms with Gasteiger partial charge in [-0.3, -0.25) is 0 Å². The fourth-order valence-electron chi connectivity index (χ4n) is 5.31. The van der Waals surface area contributed by atoms with Crippen LogP contribution >= 0.6 is 12.2 Å². The van der Waals surface area contributed by atoms with Gasteiger partial charge in [-0.25, -0.2) is 4.98 Å². The van der Waals surface area contributed by atoms with E-state index >= 15 is 0 Å². The van der Waals surface area contributed by atoms with Crippen molar-refractivity contribution in [2.75, 3.05) is 69.6 Å². The normalized spacial score (nSPS) is 22.5. The van der Waals surface area contributed by atoms with Gasteiger partial charge in [-0.1, -0.05) is 13.8 Å². The van der Waals surface area contributed by atoms with E-state index in [1.54, 1.807) is 0 Å². The molecule has 2 aliphatic rings. The Morgan fingerprint density at radius 3 is 2.55 bits per heavy atom. The first-order valence-corrected chi connectivity index (χ1v) is 12.9. The van der Waals surface area contributed by atoms with Gasteiger partial charge in [0.1, 0.15) is 5.82 Å². The predicted molar refractivity (Wildman–Crippen MR) is 144 cm³/mol. The van der Waals surface area contributed by atoms with Crippen LogP contribution in [0.15, 0.2) is 24.3 Å². The summed E-state index contributed by atoms with van der Waals surface area (Å²) in [7, 11) is 2.18. The minimum atomic E-state index is 0.689. The summed E-state index contributed by atoms with van der Waals surface area (Å²) >= 11 is 5.55. The quantitative estimate of drug-likeness (QED) is 0.492. The Hall–Kier alpha value is -1.96. The molecular formula is C26H40N6S. The maximum absolute atomic E-state index is 5.55. The first-order valence-electron chi connectivity index (χ1n) is 12.5. The van der Waals surface area contributed by atoms with E-state index in [1.165, 1.54) is 30.5 Å². The van der Waals surface area contributed by atoms with Crippen molar-refractivity contribution in [3.63, 3.8) is 0 Å². The van der Waals surface area contributed by atoms with Gasteiger partial charge in [-0.15, -0.1) is 0 Å². The van der Waals surface area contributed by atoms with Crippen molar-refractivity contribution in [2.24, 2.45) is 11.8 Å². The first kappa shape index (κ1) is 24.2. The lowest BCUT2D eigenvalue weighted by atomic mass is 9.92. The summed E-state index contributed by atoms with van der Waals surface area (Å²) in [4.78, 5) is 12.3. The van der Waals surface area contributed by atoms with Crippen molar-refractivity contribution >= 4 is 39.7 Å².